The van der Waals surface area contributed by atoms with Gasteiger partial charge < -0.3 is 14.4 Å². The van der Waals surface area contributed by atoms with Crippen molar-refractivity contribution in [1.29, 1.82) is 0 Å². The Balaban J connectivity index is 1.64. The van der Waals surface area contributed by atoms with E-state index < -0.39 is 23.3 Å². The summed E-state index contributed by atoms with van der Waals surface area (Å²) in [6, 6.07) is 17.0. The van der Waals surface area contributed by atoms with Crippen molar-refractivity contribution in [3.63, 3.8) is 0 Å². The Kier molecular flexibility index (Phi) is 9.25. The van der Waals surface area contributed by atoms with Gasteiger partial charge in [0.1, 0.15) is 21.6 Å². The Morgan fingerprint density at radius 3 is 2.29 bits per heavy atom. The number of halogens is 4. The van der Waals surface area contributed by atoms with Crippen molar-refractivity contribution in [2.24, 2.45) is 0 Å². The van der Waals surface area contributed by atoms with E-state index in [0.29, 0.717) is 34.1 Å². The quantitative estimate of drug-likeness (QED) is 0.135. The number of thiazole rings is 1. The van der Waals surface area contributed by atoms with Crippen LogP contribution in [0.2, 0.25) is 0 Å². The van der Waals surface area contributed by atoms with Gasteiger partial charge in [-0.25, -0.2) is 14.2 Å². The van der Waals surface area contributed by atoms with Gasteiger partial charge in [0, 0.05) is 24.2 Å². The maximum Gasteiger partial charge on any atom is 0.416 e. The largest absolute Gasteiger partial charge is 0.476 e. The molecule has 0 radical (unpaired) electrons. The molecule has 1 heterocycles. The fourth-order valence-electron chi connectivity index (χ4n) is 4.40. The number of aryl methyl sites for hydroxylation is 2. The molecule has 0 aliphatic heterocycles. The molecule has 0 atom stereocenters. The number of carbonyl (C=O) groups is 1. The van der Waals surface area contributed by atoms with Crippen molar-refractivity contribution in [2.45, 2.75) is 59.5 Å². The second-order valence-electron chi connectivity index (χ2n) is 10.4. The summed E-state index contributed by atoms with van der Waals surface area (Å²) in [5.74, 6) is -0.265. The monoisotopic (exact) mass is 600 g/mol. The van der Waals surface area contributed by atoms with E-state index in [1.54, 1.807) is 45.0 Å². The van der Waals surface area contributed by atoms with Gasteiger partial charge in [-0.1, -0.05) is 53.8 Å². The third-order valence-electron chi connectivity index (χ3n) is 6.58. The number of esters is 1. The zero-order valence-corrected chi connectivity index (χ0v) is 24.8. The van der Waals surface area contributed by atoms with Crippen molar-refractivity contribution in [2.75, 3.05) is 11.5 Å². The van der Waals surface area contributed by atoms with Gasteiger partial charge in [0.25, 0.3) is 0 Å². The van der Waals surface area contributed by atoms with E-state index in [2.05, 4.69) is 4.98 Å². The van der Waals surface area contributed by atoms with Crippen LogP contribution in [0.3, 0.4) is 0 Å². The highest BCUT2D eigenvalue weighted by Crippen LogP contribution is 2.38. The van der Waals surface area contributed by atoms with E-state index in [4.69, 9.17) is 9.47 Å². The fraction of sp³-hybridized carbons (Fsp3) is 0.312. The van der Waals surface area contributed by atoms with Crippen molar-refractivity contribution in [1.82, 2.24) is 4.98 Å². The number of nitrogens with zero attached hydrogens (tertiary/aromatic N) is 2. The number of carbonyl (C=O) groups excluding carboxylic acids is 1. The lowest BCUT2D eigenvalue weighted by Gasteiger charge is -2.26. The van der Waals surface area contributed by atoms with Gasteiger partial charge in [-0.2, -0.15) is 13.2 Å². The number of benzene rings is 3. The number of anilines is 1. The predicted molar refractivity (Wildman–Crippen MR) is 156 cm³/mol. The number of alkyl halides is 3. The molecule has 0 spiro atoms. The van der Waals surface area contributed by atoms with Crippen molar-refractivity contribution in [3.8, 4) is 16.3 Å². The average Bonchev–Trinajstić information content (AvgIpc) is 3.32. The molecule has 1 aromatic heterocycles. The van der Waals surface area contributed by atoms with E-state index >= 15 is 0 Å². The standard InChI is InChI=1S/C32H32F4N2O3S/c1-6-40-30(39)31(4,5)41-27-16-11-22(17-20(27)2)18-38(19-24-9-7-8-10-26(24)33)29-21(3)37-28(42-29)23-12-14-25(15-13-23)32(34,35)36/h7-17H,6,18-19H2,1-5H3. The molecular weight excluding hydrogens is 568 g/mol. The molecule has 4 aromatic rings. The SMILES string of the molecule is CCOC(=O)C(C)(C)Oc1ccc(CN(Cc2ccccc2F)c2sc(-c3ccc(C(F)(F)F)cc3)nc2C)cc1C. The average molecular weight is 601 g/mol. The molecule has 0 fully saturated rings. The normalized spacial score (nSPS) is 11.8. The van der Waals surface area contributed by atoms with E-state index in [-0.39, 0.29) is 19.0 Å². The second-order valence-corrected chi connectivity index (χ2v) is 11.3. The van der Waals surface area contributed by atoms with Gasteiger partial charge in [0.2, 0.25) is 0 Å². The highest BCUT2D eigenvalue weighted by Gasteiger charge is 2.32. The molecular formula is C32H32F4N2O3S. The number of hydrogen-bond donors (Lipinski definition) is 0. The lowest BCUT2D eigenvalue weighted by atomic mass is 10.1. The molecule has 0 saturated heterocycles. The summed E-state index contributed by atoms with van der Waals surface area (Å²) >= 11 is 1.34. The van der Waals surface area contributed by atoms with Crippen LogP contribution in [0.5, 0.6) is 5.75 Å². The third kappa shape index (κ3) is 7.28. The lowest BCUT2D eigenvalue weighted by molar-refractivity contribution is -0.158. The Morgan fingerprint density at radius 1 is 0.976 bits per heavy atom. The minimum atomic E-state index is -4.42. The van der Waals surface area contributed by atoms with E-state index in [1.807, 2.05) is 30.9 Å². The first kappa shape index (κ1) is 31.0. The van der Waals surface area contributed by atoms with Crippen LogP contribution < -0.4 is 9.64 Å². The van der Waals surface area contributed by atoms with Gasteiger partial charge in [-0.05, 0) is 70.0 Å². The molecule has 10 heteroatoms. The van der Waals surface area contributed by atoms with Crippen LogP contribution in [0.1, 0.15) is 48.7 Å². The summed E-state index contributed by atoms with van der Waals surface area (Å²) in [4.78, 5) is 18.9. The predicted octanol–water partition coefficient (Wildman–Crippen LogP) is 8.51. The van der Waals surface area contributed by atoms with Gasteiger partial charge in [-0.3, -0.25) is 0 Å². The molecule has 3 aromatic carbocycles. The number of ether oxygens (including phenoxy) is 2. The lowest BCUT2D eigenvalue weighted by Crippen LogP contribution is -2.39. The topological polar surface area (TPSA) is 51.7 Å². The fourth-order valence-corrected chi connectivity index (χ4v) is 5.48. The Hall–Kier alpha value is -3.92. The highest BCUT2D eigenvalue weighted by atomic mass is 32.1. The molecule has 0 saturated carbocycles. The molecule has 4 rings (SSSR count). The third-order valence-corrected chi connectivity index (χ3v) is 7.85. The minimum Gasteiger partial charge on any atom is -0.476 e. The summed E-state index contributed by atoms with van der Waals surface area (Å²) in [6.07, 6.45) is -4.42. The number of aromatic nitrogens is 1. The molecule has 0 aliphatic rings. The number of hydrogen-bond acceptors (Lipinski definition) is 6. The van der Waals surface area contributed by atoms with Crippen LogP contribution in [-0.4, -0.2) is 23.2 Å². The first-order chi connectivity index (χ1) is 19.8. The molecule has 5 nitrogen and oxygen atoms in total. The van der Waals surface area contributed by atoms with Crippen LogP contribution in [0.15, 0.2) is 66.7 Å². The molecule has 0 amide bonds. The summed E-state index contributed by atoms with van der Waals surface area (Å²) in [6.45, 7) is 9.62. The highest BCUT2D eigenvalue weighted by molar-refractivity contribution is 7.19. The smallest absolute Gasteiger partial charge is 0.416 e. The van der Waals surface area contributed by atoms with Gasteiger partial charge in [0.05, 0.1) is 17.9 Å². The van der Waals surface area contributed by atoms with E-state index in [1.165, 1.54) is 29.5 Å². The maximum atomic E-state index is 14.7. The molecule has 0 unspecified atom stereocenters. The molecule has 222 valence electrons. The van der Waals surface area contributed by atoms with Crippen molar-refractivity contribution in [3.05, 3.63) is 100 Å². The number of rotatable bonds is 10. The second kappa shape index (κ2) is 12.5. The van der Waals surface area contributed by atoms with Crippen molar-refractivity contribution < 1.29 is 31.8 Å². The Labute approximate surface area is 246 Å². The Morgan fingerprint density at radius 2 is 1.67 bits per heavy atom. The summed E-state index contributed by atoms with van der Waals surface area (Å²) in [5.41, 5.74) is 1.56. The summed E-state index contributed by atoms with van der Waals surface area (Å²) in [5, 5.41) is 1.34. The first-order valence-electron chi connectivity index (χ1n) is 13.4. The van der Waals surface area contributed by atoms with E-state index in [9.17, 15) is 22.4 Å². The van der Waals surface area contributed by atoms with Crippen LogP contribution >= 0.6 is 11.3 Å². The van der Waals surface area contributed by atoms with E-state index in [0.717, 1.165) is 28.3 Å². The van der Waals surface area contributed by atoms with Gasteiger partial charge >= 0.3 is 12.1 Å². The van der Waals surface area contributed by atoms with Crippen LogP contribution in [0.4, 0.5) is 22.6 Å². The van der Waals surface area contributed by atoms with Crippen LogP contribution in [-0.2, 0) is 28.8 Å². The summed E-state index contributed by atoms with van der Waals surface area (Å²) in [7, 11) is 0. The molecule has 0 bridgehead atoms. The molecule has 0 aliphatic carbocycles. The zero-order chi connectivity index (χ0) is 30.7. The minimum absolute atomic E-state index is 0.245. The van der Waals surface area contributed by atoms with Crippen LogP contribution in [0, 0.1) is 19.7 Å². The molecule has 42 heavy (non-hydrogen) atoms. The summed E-state index contributed by atoms with van der Waals surface area (Å²) < 4.78 is 65.0. The first-order valence-corrected chi connectivity index (χ1v) is 14.2. The van der Waals surface area contributed by atoms with Gasteiger partial charge in [0.15, 0.2) is 5.60 Å². The molecule has 0 N–H and O–H groups in total. The maximum absolute atomic E-state index is 14.7. The zero-order valence-electron chi connectivity index (χ0n) is 24.0. The Bertz CT molecular complexity index is 1550. The van der Waals surface area contributed by atoms with Gasteiger partial charge in [-0.15, -0.1) is 0 Å². The van der Waals surface area contributed by atoms with Crippen molar-refractivity contribution >= 4 is 22.3 Å². The van der Waals surface area contributed by atoms with Crippen LogP contribution in [0.25, 0.3) is 10.6 Å².